The number of nitrogens with zero attached hydrogens (tertiary/aromatic N) is 1. The first-order valence-electron chi connectivity index (χ1n) is 15.8. The van der Waals surface area contributed by atoms with Crippen molar-refractivity contribution < 1.29 is 33.6 Å². The van der Waals surface area contributed by atoms with Crippen molar-refractivity contribution in [3.8, 4) is 11.1 Å². The predicted octanol–water partition coefficient (Wildman–Crippen LogP) is 9.46. The summed E-state index contributed by atoms with van der Waals surface area (Å²) in [5.74, 6) is 0.0781. The van der Waals surface area contributed by atoms with E-state index < -0.39 is 23.0 Å². The Hall–Kier alpha value is -3.23. The molecule has 0 bridgehead atoms. The molecule has 1 aromatic heterocycles. The van der Waals surface area contributed by atoms with Crippen molar-refractivity contribution in [1.82, 2.24) is 4.98 Å². The molecule has 0 spiro atoms. The molecule has 1 N–H and O–H groups in total. The molecule has 3 aromatic rings. The summed E-state index contributed by atoms with van der Waals surface area (Å²) < 4.78 is 66.6. The molecule has 2 heterocycles. The van der Waals surface area contributed by atoms with Crippen LogP contribution in [0.5, 0.6) is 0 Å². The Morgan fingerprint density at radius 1 is 1.13 bits per heavy atom. The van der Waals surface area contributed by atoms with Crippen molar-refractivity contribution in [3.63, 3.8) is 0 Å². The lowest BCUT2D eigenvalue weighted by atomic mass is 9.88. The molecule has 45 heavy (non-hydrogen) atoms. The second kappa shape index (κ2) is 13.2. The van der Waals surface area contributed by atoms with Crippen LogP contribution in [0, 0.1) is 24.1 Å². The summed E-state index contributed by atoms with van der Waals surface area (Å²) in [6, 6.07) is 11.2. The average Bonchev–Trinajstić information content (AvgIpc) is 3.80. The SMILES string of the molecule is C=C(/C=C(\OC)C1(C(F)(F)F)CC1)CC(C)(O)Cc1ccc(-c2cnc3cc(CCCC4CCOCC4)c(C)cc3c2)cc1F.[HH]. The van der Waals surface area contributed by atoms with Crippen LogP contribution >= 0.6 is 0 Å². The number of fused-ring (bicyclic) bond motifs is 1. The summed E-state index contributed by atoms with van der Waals surface area (Å²) in [5.41, 5.74) is 2.06. The molecule has 8 heteroatoms. The number of hydrogen-bond acceptors (Lipinski definition) is 4. The summed E-state index contributed by atoms with van der Waals surface area (Å²) in [7, 11) is 1.21. The Morgan fingerprint density at radius 3 is 2.51 bits per heavy atom. The van der Waals surface area contributed by atoms with Gasteiger partial charge in [-0.15, -0.1) is 0 Å². The molecule has 1 unspecified atom stereocenters. The van der Waals surface area contributed by atoms with Crippen molar-refractivity contribution >= 4 is 10.9 Å². The molecular formula is C37H45F4NO3. The van der Waals surface area contributed by atoms with E-state index in [1.165, 1.54) is 43.7 Å². The lowest BCUT2D eigenvalue weighted by Gasteiger charge is -2.26. The van der Waals surface area contributed by atoms with Gasteiger partial charge in [0, 0.05) is 44.6 Å². The van der Waals surface area contributed by atoms with Crippen molar-refractivity contribution in [2.24, 2.45) is 11.3 Å². The van der Waals surface area contributed by atoms with Gasteiger partial charge in [0.05, 0.1) is 18.2 Å². The van der Waals surface area contributed by atoms with Crippen LogP contribution in [0.25, 0.3) is 22.0 Å². The highest BCUT2D eigenvalue weighted by Gasteiger charge is 2.66. The third-order valence-corrected chi connectivity index (χ3v) is 9.42. The van der Waals surface area contributed by atoms with Crippen LogP contribution < -0.4 is 0 Å². The number of methoxy groups -OCH3 is 1. The minimum absolute atomic E-state index is 0. The standard InChI is InChI=1S/C37H43F4NO3.H2/c1-24(16-34(44-4)36(12-13-36)37(39,40)41)21-35(3,43)22-29-9-8-28(19-32(29)38)31-18-30-17-25(2)27(20-33(30)42-23-31)7-5-6-26-10-14-45-15-11-26;/h8-9,16-20,23,26,43H,1,5-7,10-15,21-22H2,2-4H3;1H/b34-16-;. The monoisotopic (exact) mass is 627 g/mol. The summed E-state index contributed by atoms with van der Waals surface area (Å²) in [6.07, 6.45) is 4.12. The van der Waals surface area contributed by atoms with Gasteiger partial charge >= 0.3 is 6.18 Å². The van der Waals surface area contributed by atoms with Gasteiger partial charge in [0.25, 0.3) is 0 Å². The van der Waals surface area contributed by atoms with Crippen molar-refractivity contribution in [1.29, 1.82) is 0 Å². The van der Waals surface area contributed by atoms with Gasteiger partial charge in [0.2, 0.25) is 0 Å². The van der Waals surface area contributed by atoms with E-state index in [1.54, 1.807) is 18.3 Å². The Labute approximate surface area is 264 Å². The van der Waals surface area contributed by atoms with E-state index in [-0.39, 0.29) is 38.4 Å². The van der Waals surface area contributed by atoms with E-state index in [0.29, 0.717) is 11.1 Å². The molecule has 0 radical (unpaired) electrons. The van der Waals surface area contributed by atoms with E-state index >= 15 is 4.39 Å². The van der Waals surface area contributed by atoms with Crippen LogP contribution in [0.3, 0.4) is 0 Å². The molecule has 1 atom stereocenters. The fourth-order valence-electron chi connectivity index (χ4n) is 6.63. The van der Waals surface area contributed by atoms with Crippen LogP contribution in [-0.4, -0.2) is 42.2 Å². The Balaban J connectivity index is 0.00000480. The topological polar surface area (TPSA) is 51.6 Å². The Kier molecular flexibility index (Phi) is 9.76. The molecule has 1 saturated carbocycles. The van der Waals surface area contributed by atoms with Gasteiger partial charge in [-0.3, -0.25) is 4.98 Å². The van der Waals surface area contributed by atoms with Crippen LogP contribution in [0.2, 0.25) is 0 Å². The highest BCUT2D eigenvalue weighted by atomic mass is 19.4. The van der Waals surface area contributed by atoms with E-state index in [1.807, 2.05) is 6.07 Å². The number of allylic oxidation sites excluding steroid dienone is 2. The normalized spacial score (nSPS) is 18.5. The van der Waals surface area contributed by atoms with Gasteiger partial charge in [-0.25, -0.2) is 4.39 Å². The summed E-state index contributed by atoms with van der Waals surface area (Å²) in [4.78, 5) is 4.69. The summed E-state index contributed by atoms with van der Waals surface area (Å²) in [6.45, 7) is 9.25. The van der Waals surface area contributed by atoms with E-state index in [4.69, 9.17) is 14.5 Å². The van der Waals surface area contributed by atoms with Crippen molar-refractivity contribution in [2.45, 2.75) is 83.4 Å². The lowest BCUT2D eigenvalue weighted by Crippen LogP contribution is -2.29. The van der Waals surface area contributed by atoms with Crippen LogP contribution in [0.1, 0.15) is 70.0 Å². The maximum absolute atomic E-state index is 15.3. The van der Waals surface area contributed by atoms with Gasteiger partial charge in [0.15, 0.2) is 0 Å². The third kappa shape index (κ3) is 7.78. The molecule has 4 nitrogen and oxygen atoms in total. The quantitative estimate of drug-likeness (QED) is 0.123. The predicted molar refractivity (Wildman–Crippen MR) is 171 cm³/mol. The molecule has 1 aliphatic heterocycles. The van der Waals surface area contributed by atoms with E-state index in [2.05, 4.69) is 25.6 Å². The van der Waals surface area contributed by atoms with Crippen LogP contribution in [-0.2, 0) is 22.3 Å². The average molecular weight is 628 g/mol. The number of aromatic nitrogens is 1. The molecule has 2 fully saturated rings. The van der Waals surface area contributed by atoms with Gasteiger partial charge in [0.1, 0.15) is 17.0 Å². The Morgan fingerprint density at radius 2 is 1.87 bits per heavy atom. The van der Waals surface area contributed by atoms with Gasteiger partial charge in [-0.05, 0) is 123 Å². The second-order valence-corrected chi connectivity index (χ2v) is 13.3. The fraction of sp³-hybridized carbons (Fsp3) is 0.486. The van der Waals surface area contributed by atoms with Gasteiger partial charge in [-0.2, -0.15) is 13.2 Å². The first-order valence-corrected chi connectivity index (χ1v) is 15.8. The minimum atomic E-state index is -4.42. The van der Waals surface area contributed by atoms with Crippen LogP contribution in [0.15, 0.2) is 66.6 Å². The number of benzene rings is 2. The molecule has 5 rings (SSSR count). The number of halogens is 4. The molecule has 2 aliphatic rings. The third-order valence-electron chi connectivity index (χ3n) is 9.42. The zero-order valence-corrected chi connectivity index (χ0v) is 26.4. The molecule has 2 aromatic carbocycles. The smallest absolute Gasteiger partial charge is 0.401 e. The zero-order chi connectivity index (χ0) is 32.4. The number of rotatable bonds is 12. The first-order chi connectivity index (χ1) is 21.3. The number of hydrogen-bond donors (Lipinski definition) is 1. The largest absolute Gasteiger partial charge is 0.500 e. The molecule has 244 valence electrons. The highest BCUT2D eigenvalue weighted by molar-refractivity contribution is 5.85. The minimum Gasteiger partial charge on any atom is -0.500 e. The molecule has 0 amide bonds. The van der Waals surface area contributed by atoms with Crippen LogP contribution in [0.4, 0.5) is 17.6 Å². The van der Waals surface area contributed by atoms with E-state index in [0.717, 1.165) is 61.3 Å². The zero-order valence-electron chi connectivity index (χ0n) is 26.4. The van der Waals surface area contributed by atoms with Crippen molar-refractivity contribution in [3.05, 3.63) is 89.1 Å². The second-order valence-electron chi connectivity index (χ2n) is 13.3. The number of aryl methyl sites for hydroxylation is 2. The molecule has 1 saturated heterocycles. The highest BCUT2D eigenvalue weighted by Crippen LogP contribution is 2.62. The van der Waals surface area contributed by atoms with E-state index in [9.17, 15) is 18.3 Å². The fourth-order valence-corrected chi connectivity index (χ4v) is 6.63. The summed E-state index contributed by atoms with van der Waals surface area (Å²) >= 11 is 0. The maximum atomic E-state index is 15.3. The number of aliphatic hydroxyl groups is 1. The maximum Gasteiger partial charge on any atom is 0.401 e. The Bertz CT molecular complexity index is 1570. The van der Waals surface area contributed by atoms with Gasteiger partial charge in [-0.1, -0.05) is 18.7 Å². The van der Waals surface area contributed by atoms with Crippen molar-refractivity contribution in [2.75, 3.05) is 20.3 Å². The first kappa shape index (κ1) is 33.1. The molecular weight excluding hydrogens is 582 g/mol. The lowest BCUT2D eigenvalue weighted by molar-refractivity contribution is -0.184. The number of ether oxygens (including phenoxy) is 2. The van der Waals surface area contributed by atoms with Gasteiger partial charge < -0.3 is 14.6 Å². The number of pyridine rings is 1. The number of alkyl halides is 3. The summed E-state index contributed by atoms with van der Waals surface area (Å²) in [5, 5.41) is 12.1. The molecule has 1 aliphatic carbocycles.